The number of hydrogen-bond donors (Lipinski definition) is 2. The van der Waals surface area contributed by atoms with Crippen molar-refractivity contribution in [1.82, 2.24) is 8.61 Å². The molecule has 2 N–H and O–H groups in total. The molecule has 0 radical (unpaired) electrons. The first kappa shape index (κ1) is 44.1. The number of benzene rings is 4. The van der Waals surface area contributed by atoms with E-state index in [1.165, 1.54) is 88.5 Å². The molecule has 4 aromatic carbocycles. The van der Waals surface area contributed by atoms with Crippen LogP contribution in [-0.4, -0.2) is 119 Å². The Kier molecular flexibility index (Phi) is 14.1. The van der Waals surface area contributed by atoms with E-state index in [9.17, 15) is 34.8 Å². The quantitative estimate of drug-likeness (QED) is 0.174. The van der Waals surface area contributed by atoms with Gasteiger partial charge in [-0.3, -0.25) is 13.9 Å². The van der Waals surface area contributed by atoms with Crippen LogP contribution in [0.15, 0.2) is 99.6 Å². The molecule has 0 spiro atoms. The highest BCUT2D eigenvalue weighted by atomic mass is 35.5. The van der Waals surface area contributed by atoms with Crippen LogP contribution < -0.4 is 24.4 Å². The van der Waals surface area contributed by atoms with Crippen LogP contribution >= 0.6 is 23.2 Å². The van der Waals surface area contributed by atoms with Crippen molar-refractivity contribution in [2.45, 2.75) is 14.7 Å². The Labute approximate surface area is 351 Å². The molecule has 0 bridgehead atoms. The van der Waals surface area contributed by atoms with Crippen molar-refractivity contribution in [3.63, 3.8) is 0 Å². The van der Waals surface area contributed by atoms with Crippen LogP contribution in [0, 0.1) is 0 Å². The van der Waals surface area contributed by atoms with Gasteiger partial charge < -0.3 is 29.6 Å². The Morgan fingerprint density at radius 3 is 1.66 bits per heavy atom. The topological polar surface area (TPSA) is 207 Å². The molecule has 59 heavy (non-hydrogen) atoms. The molecular weight excluding hydrogens is 874 g/mol. The molecule has 2 saturated heterocycles. The molecule has 0 aromatic heterocycles. The maximum Gasteiger partial charge on any atom is 0.264 e. The molecular formula is C37H39Cl2N5O12S3. The molecule has 22 heteroatoms. The number of morpholine rings is 2. The number of carbonyl (C=O) groups excluding carboxylic acids is 2. The Morgan fingerprint density at radius 1 is 0.678 bits per heavy atom. The average Bonchev–Trinajstić information content (AvgIpc) is 3.24. The summed E-state index contributed by atoms with van der Waals surface area (Å²) in [4.78, 5) is 26.0. The first-order valence-corrected chi connectivity index (χ1v) is 22.9. The number of carbonyl (C=O) groups is 2. The molecule has 6 rings (SSSR count). The fraction of sp³-hybridized carbons (Fsp3) is 0.297. The molecule has 2 aliphatic rings. The molecule has 2 fully saturated rings. The lowest BCUT2D eigenvalue weighted by Crippen LogP contribution is -2.40. The number of anilines is 3. The maximum atomic E-state index is 14.2. The second-order valence-corrected chi connectivity index (χ2v) is 19.4. The van der Waals surface area contributed by atoms with E-state index in [1.807, 2.05) is 0 Å². The first-order valence-electron chi connectivity index (χ1n) is 17.8. The summed E-state index contributed by atoms with van der Waals surface area (Å²) in [5, 5.41) is 5.19. The van der Waals surface area contributed by atoms with Crippen LogP contribution in [0.25, 0.3) is 0 Å². The summed E-state index contributed by atoms with van der Waals surface area (Å²) in [5.41, 5.74) is 0.0174. The lowest BCUT2D eigenvalue weighted by atomic mass is 10.3. The summed E-state index contributed by atoms with van der Waals surface area (Å²) in [6.07, 6.45) is 0. The van der Waals surface area contributed by atoms with E-state index in [1.54, 1.807) is 12.1 Å². The summed E-state index contributed by atoms with van der Waals surface area (Å²) in [7, 11) is -11.0. The van der Waals surface area contributed by atoms with Gasteiger partial charge in [-0.05, 0) is 72.8 Å². The van der Waals surface area contributed by atoms with Crippen molar-refractivity contribution in [2.24, 2.45) is 0 Å². The Morgan fingerprint density at radius 2 is 1.15 bits per heavy atom. The zero-order valence-electron chi connectivity index (χ0n) is 31.4. The van der Waals surface area contributed by atoms with Crippen molar-refractivity contribution in [2.75, 3.05) is 87.8 Å². The third-order valence-electron chi connectivity index (χ3n) is 9.06. The fourth-order valence-electron chi connectivity index (χ4n) is 6.02. The standard InChI is InChI=1S/C37H39Cl2N5O12S3/c1-53-35-5-3-2-4-34(35)44(24-36(45)40-32-22-28(10-12-30(32)38)57(47,48)42-14-18-54-19-15-42)59(51,52)27-8-6-26(7-9-27)56-25-37(46)41-33-23-29(11-13-31(33)39)58(49,50)43-16-20-55-21-17-43/h2-13,22-23H,14-21,24-25H2,1H3,(H,40,45)(H,41,46). The second-order valence-electron chi connectivity index (χ2n) is 12.9. The number of halogens is 2. The molecule has 17 nitrogen and oxygen atoms in total. The van der Waals surface area contributed by atoms with Gasteiger partial charge in [-0.15, -0.1) is 0 Å². The Hall–Kier alpha value is -4.51. The minimum atomic E-state index is -4.51. The van der Waals surface area contributed by atoms with Crippen molar-refractivity contribution in [3.8, 4) is 11.5 Å². The van der Waals surface area contributed by atoms with Gasteiger partial charge in [0.2, 0.25) is 26.0 Å². The SMILES string of the molecule is COc1ccccc1N(CC(=O)Nc1cc(S(=O)(=O)N2CCOCC2)ccc1Cl)S(=O)(=O)c1ccc(OCC(=O)Nc2cc(S(=O)(=O)N3CCOCC3)ccc2Cl)cc1. The van der Waals surface area contributed by atoms with Crippen LogP contribution in [-0.2, 0) is 49.1 Å². The van der Waals surface area contributed by atoms with Gasteiger partial charge >= 0.3 is 0 Å². The minimum Gasteiger partial charge on any atom is -0.495 e. The summed E-state index contributed by atoms with van der Waals surface area (Å²) < 4.78 is 106. The summed E-state index contributed by atoms with van der Waals surface area (Å²) in [5.74, 6) is -1.28. The predicted molar refractivity (Wildman–Crippen MR) is 219 cm³/mol. The number of amides is 2. The lowest BCUT2D eigenvalue weighted by molar-refractivity contribution is -0.118. The minimum absolute atomic E-state index is 0.0172. The number of para-hydroxylation sites is 2. The van der Waals surface area contributed by atoms with Crippen molar-refractivity contribution in [1.29, 1.82) is 0 Å². The summed E-state index contributed by atoms with van der Waals surface area (Å²) in [6.45, 7) is 0.326. The fourth-order valence-corrected chi connectivity index (χ4v) is 10.6. The highest BCUT2D eigenvalue weighted by Crippen LogP contribution is 2.34. The van der Waals surface area contributed by atoms with E-state index < -0.39 is 55.0 Å². The Bertz CT molecular complexity index is 2520. The predicted octanol–water partition coefficient (Wildman–Crippen LogP) is 3.90. The molecule has 2 heterocycles. The third-order valence-corrected chi connectivity index (χ3v) is 15.3. The number of nitrogens with one attached hydrogen (secondary N) is 2. The number of ether oxygens (including phenoxy) is 4. The van der Waals surface area contributed by atoms with E-state index in [4.69, 9.17) is 42.1 Å². The van der Waals surface area contributed by atoms with E-state index in [0.717, 1.165) is 4.31 Å². The van der Waals surface area contributed by atoms with E-state index >= 15 is 0 Å². The number of nitrogens with zero attached hydrogens (tertiary/aromatic N) is 3. The monoisotopic (exact) mass is 911 g/mol. The molecule has 0 aliphatic carbocycles. The van der Waals surface area contributed by atoms with E-state index in [-0.39, 0.29) is 106 Å². The summed E-state index contributed by atoms with van der Waals surface area (Å²) >= 11 is 12.6. The van der Waals surface area contributed by atoms with E-state index in [2.05, 4.69) is 10.6 Å². The zero-order valence-corrected chi connectivity index (χ0v) is 35.3. The van der Waals surface area contributed by atoms with Gasteiger partial charge in [-0.2, -0.15) is 8.61 Å². The van der Waals surface area contributed by atoms with Crippen molar-refractivity contribution in [3.05, 3.63) is 95.0 Å². The van der Waals surface area contributed by atoms with Crippen LogP contribution in [0.1, 0.15) is 0 Å². The van der Waals surface area contributed by atoms with Crippen LogP contribution in [0.5, 0.6) is 11.5 Å². The van der Waals surface area contributed by atoms with Gasteiger partial charge in [0, 0.05) is 26.2 Å². The summed E-state index contributed by atoms with van der Waals surface area (Å²) in [6, 6.07) is 19.0. The number of rotatable bonds is 15. The largest absolute Gasteiger partial charge is 0.495 e. The van der Waals surface area contributed by atoms with Gasteiger partial charge in [0.05, 0.1) is 75.3 Å². The highest BCUT2D eigenvalue weighted by molar-refractivity contribution is 7.93. The van der Waals surface area contributed by atoms with Crippen LogP contribution in [0.4, 0.5) is 17.1 Å². The second kappa shape index (κ2) is 18.8. The molecule has 0 saturated carbocycles. The van der Waals surface area contributed by atoms with Gasteiger partial charge in [-0.25, -0.2) is 25.3 Å². The molecule has 0 unspecified atom stereocenters. The van der Waals surface area contributed by atoms with Gasteiger partial charge in [0.15, 0.2) is 6.61 Å². The smallest absolute Gasteiger partial charge is 0.264 e. The molecule has 0 atom stereocenters. The van der Waals surface area contributed by atoms with Gasteiger partial charge in [0.25, 0.3) is 15.9 Å². The van der Waals surface area contributed by atoms with Crippen LogP contribution in [0.2, 0.25) is 10.0 Å². The Balaban J connectivity index is 1.16. The molecule has 316 valence electrons. The molecule has 2 aliphatic heterocycles. The van der Waals surface area contributed by atoms with Gasteiger partial charge in [-0.1, -0.05) is 35.3 Å². The number of sulfonamides is 3. The normalized spacial score (nSPS) is 15.6. The number of hydrogen-bond acceptors (Lipinski definition) is 12. The maximum absolute atomic E-state index is 14.2. The lowest BCUT2D eigenvalue weighted by Gasteiger charge is -2.26. The first-order chi connectivity index (χ1) is 28.1. The molecule has 2 amide bonds. The van der Waals surface area contributed by atoms with E-state index in [0.29, 0.717) is 0 Å². The van der Waals surface area contributed by atoms with Crippen molar-refractivity contribution < 1.29 is 53.8 Å². The third kappa shape index (κ3) is 10.3. The van der Waals surface area contributed by atoms with Gasteiger partial charge in [0.1, 0.15) is 18.0 Å². The average molecular weight is 913 g/mol. The zero-order chi connectivity index (χ0) is 42.4. The highest BCUT2D eigenvalue weighted by Gasteiger charge is 2.32. The number of methoxy groups -OCH3 is 1. The molecule has 4 aromatic rings. The van der Waals surface area contributed by atoms with Crippen LogP contribution in [0.3, 0.4) is 0 Å². The van der Waals surface area contributed by atoms with Crippen molar-refractivity contribution >= 4 is 82.1 Å².